The van der Waals surface area contributed by atoms with E-state index in [2.05, 4.69) is 114 Å². The smallest absolute Gasteiger partial charge is 0.214 e. The van der Waals surface area contributed by atoms with Crippen LogP contribution in [0.3, 0.4) is 0 Å². The zero-order chi connectivity index (χ0) is 20.7. The first-order valence-corrected chi connectivity index (χ1v) is 10.6. The highest BCUT2D eigenvalue weighted by Crippen LogP contribution is 2.51. The van der Waals surface area contributed by atoms with Gasteiger partial charge in [0.25, 0.3) is 0 Å². The molecule has 0 fully saturated rings. The first kappa shape index (κ1) is 18.1. The maximum atomic E-state index is 7.02. The Balaban J connectivity index is 1.58. The largest absolute Gasteiger partial charge is 0.333 e. The van der Waals surface area contributed by atoms with Crippen molar-refractivity contribution in [1.29, 1.82) is 0 Å². The summed E-state index contributed by atoms with van der Waals surface area (Å²) in [5, 5.41) is 0. The van der Waals surface area contributed by atoms with Crippen LogP contribution >= 0.6 is 0 Å². The molecule has 31 heavy (non-hydrogen) atoms. The lowest BCUT2D eigenvalue weighted by molar-refractivity contribution is -0.0550. The van der Waals surface area contributed by atoms with Crippen molar-refractivity contribution in [3.05, 3.63) is 138 Å². The number of nitrogens with zero attached hydrogens (tertiary/aromatic N) is 2. The molecule has 150 valence electrons. The van der Waals surface area contributed by atoms with Crippen molar-refractivity contribution in [1.82, 2.24) is 4.90 Å². The minimum atomic E-state index is -0.796. The second-order valence-electron chi connectivity index (χ2n) is 7.93. The van der Waals surface area contributed by atoms with Gasteiger partial charge in [0.1, 0.15) is 18.0 Å². The minimum Gasteiger partial charge on any atom is -0.333 e. The molecule has 3 nitrogen and oxygen atoms in total. The predicted octanol–water partition coefficient (Wildman–Crippen LogP) is 5.75. The Morgan fingerprint density at radius 3 is 2.10 bits per heavy atom. The monoisotopic (exact) mass is 402 g/mol. The average Bonchev–Trinajstić information content (AvgIpc) is 3.41. The molecule has 3 unspecified atom stereocenters. The van der Waals surface area contributed by atoms with Crippen molar-refractivity contribution in [3.63, 3.8) is 0 Å². The van der Waals surface area contributed by atoms with E-state index in [9.17, 15) is 0 Å². The van der Waals surface area contributed by atoms with E-state index in [0.29, 0.717) is 0 Å². The van der Waals surface area contributed by atoms with Crippen molar-refractivity contribution >= 4 is 11.3 Å². The molecule has 0 N–H and O–H groups in total. The van der Waals surface area contributed by atoms with E-state index in [1.807, 2.05) is 12.1 Å². The number of hydrogen-bond acceptors (Lipinski definition) is 3. The Bertz CT molecular complexity index is 1210. The first-order chi connectivity index (χ1) is 15.4. The van der Waals surface area contributed by atoms with Gasteiger partial charge in [0, 0.05) is 17.3 Å². The Hall–Kier alpha value is -3.69. The van der Waals surface area contributed by atoms with Crippen molar-refractivity contribution in [2.24, 2.45) is 4.99 Å². The summed E-state index contributed by atoms with van der Waals surface area (Å²) < 4.78 is 7.02. The molecular weight excluding hydrogens is 380 g/mol. The van der Waals surface area contributed by atoms with Gasteiger partial charge in [-0.05, 0) is 29.4 Å². The van der Waals surface area contributed by atoms with Crippen LogP contribution in [0.2, 0.25) is 0 Å². The molecule has 3 aliphatic rings. The van der Waals surface area contributed by atoms with Gasteiger partial charge in [-0.15, -0.1) is 0 Å². The van der Waals surface area contributed by atoms with Crippen LogP contribution in [0, 0.1) is 0 Å². The van der Waals surface area contributed by atoms with E-state index in [4.69, 9.17) is 9.73 Å². The third-order valence-electron chi connectivity index (χ3n) is 6.11. The lowest BCUT2D eigenvalue weighted by Crippen LogP contribution is -2.51. The summed E-state index contributed by atoms with van der Waals surface area (Å²) in [7, 11) is 0. The van der Waals surface area contributed by atoms with Crippen molar-refractivity contribution < 1.29 is 4.74 Å². The Kier molecular flexibility index (Phi) is 4.22. The van der Waals surface area contributed by atoms with Crippen molar-refractivity contribution in [2.45, 2.75) is 18.0 Å². The summed E-state index contributed by atoms with van der Waals surface area (Å²) in [6.45, 7) is 0. The van der Waals surface area contributed by atoms with Crippen molar-refractivity contribution in [3.8, 4) is 0 Å². The molecule has 3 heterocycles. The number of benzene rings is 3. The summed E-state index contributed by atoms with van der Waals surface area (Å²) in [5.41, 5.74) is 4.65. The highest BCUT2D eigenvalue weighted by atomic mass is 16.5. The summed E-state index contributed by atoms with van der Waals surface area (Å²) in [5.74, 6) is 0. The van der Waals surface area contributed by atoms with Crippen LogP contribution in [0.4, 0.5) is 0 Å². The van der Waals surface area contributed by atoms with Crippen LogP contribution in [-0.4, -0.2) is 22.5 Å². The predicted molar refractivity (Wildman–Crippen MR) is 124 cm³/mol. The number of allylic oxidation sites excluding steroid dienone is 2. The number of hydrogen-bond donors (Lipinski definition) is 0. The van der Waals surface area contributed by atoms with Gasteiger partial charge < -0.3 is 9.64 Å². The third-order valence-corrected chi connectivity index (χ3v) is 6.11. The van der Waals surface area contributed by atoms with Crippen LogP contribution in [0.15, 0.2) is 126 Å². The Morgan fingerprint density at radius 1 is 0.742 bits per heavy atom. The number of aliphatic imine (C=N–C) groups is 1. The molecule has 0 aliphatic carbocycles. The van der Waals surface area contributed by atoms with E-state index >= 15 is 0 Å². The second kappa shape index (κ2) is 7.22. The summed E-state index contributed by atoms with van der Waals surface area (Å²) in [6, 6.07) is 31.3. The van der Waals surface area contributed by atoms with Gasteiger partial charge in [0.05, 0.1) is 0 Å². The molecule has 3 aromatic rings. The van der Waals surface area contributed by atoms with Gasteiger partial charge in [-0.1, -0.05) is 97.1 Å². The molecule has 0 aromatic heterocycles. The molecule has 3 atom stereocenters. The zero-order valence-electron chi connectivity index (χ0n) is 17.0. The number of fused-ring (bicyclic) bond motifs is 2. The second-order valence-corrected chi connectivity index (χ2v) is 7.93. The molecule has 0 bridgehead atoms. The van der Waals surface area contributed by atoms with Gasteiger partial charge in [-0.2, -0.15) is 0 Å². The first-order valence-electron chi connectivity index (χ1n) is 10.6. The highest BCUT2D eigenvalue weighted by molar-refractivity contribution is 6.15. The molecule has 1 spiro atoms. The molecule has 6 rings (SSSR count). The van der Waals surface area contributed by atoms with E-state index in [1.54, 1.807) is 0 Å². The summed E-state index contributed by atoms with van der Waals surface area (Å²) in [6.07, 6.45) is 10.3. The lowest BCUT2D eigenvalue weighted by atomic mass is 9.88. The Labute approximate surface area is 182 Å². The van der Waals surface area contributed by atoms with Crippen LogP contribution in [-0.2, 0) is 4.74 Å². The van der Waals surface area contributed by atoms with Crippen LogP contribution < -0.4 is 0 Å². The minimum absolute atomic E-state index is 0.0955. The Morgan fingerprint density at radius 2 is 1.39 bits per heavy atom. The van der Waals surface area contributed by atoms with Crippen LogP contribution in [0.1, 0.15) is 22.8 Å². The summed E-state index contributed by atoms with van der Waals surface area (Å²) in [4.78, 5) is 7.41. The average molecular weight is 402 g/mol. The fourth-order valence-electron chi connectivity index (χ4n) is 4.74. The van der Waals surface area contributed by atoms with E-state index in [-0.39, 0.29) is 12.3 Å². The van der Waals surface area contributed by atoms with Crippen LogP contribution in [0.25, 0.3) is 5.57 Å². The third kappa shape index (κ3) is 2.82. The standard InChI is InChI=1S/C28H22N2O/c1-4-12-21(13-5-1)24-20-25(22-14-6-2-7-15-22)31-28(24)27(23-16-8-3-9-17-23)29-26-18-10-11-19-30(26)28/h1-20,25-26H. The quantitative estimate of drug-likeness (QED) is 0.557. The molecule has 3 heteroatoms. The fourth-order valence-corrected chi connectivity index (χ4v) is 4.74. The molecule has 0 saturated heterocycles. The maximum absolute atomic E-state index is 7.02. The molecule has 0 saturated carbocycles. The van der Waals surface area contributed by atoms with E-state index in [0.717, 1.165) is 28.0 Å². The lowest BCUT2D eigenvalue weighted by Gasteiger charge is -2.40. The fraction of sp³-hybridized carbons (Fsp3) is 0.107. The van der Waals surface area contributed by atoms with Gasteiger partial charge >= 0.3 is 0 Å². The van der Waals surface area contributed by atoms with Crippen LogP contribution in [0.5, 0.6) is 0 Å². The van der Waals surface area contributed by atoms with Gasteiger partial charge in [-0.3, -0.25) is 4.99 Å². The topological polar surface area (TPSA) is 24.8 Å². The van der Waals surface area contributed by atoms with Gasteiger partial charge in [0.15, 0.2) is 0 Å². The number of ether oxygens (including phenoxy) is 1. The maximum Gasteiger partial charge on any atom is 0.214 e. The molecule has 0 amide bonds. The van der Waals surface area contributed by atoms with E-state index < -0.39 is 5.72 Å². The van der Waals surface area contributed by atoms with Gasteiger partial charge in [-0.25, -0.2) is 0 Å². The highest BCUT2D eigenvalue weighted by Gasteiger charge is 2.57. The number of rotatable bonds is 3. The summed E-state index contributed by atoms with van der Waals surface area (Å²) >= 11 is 0. The normalized spacial score (nSPS) is 26.1. The molecular formula is C28H22N2O. The van der Waals surface area contributed by atoms with Crippen molar-refractivity contribution in [2.75, 3.05) is 0 Å². The molecule has 3 aromatic carbocycles. The van der Waals surface area contributed by atoms with Gasteiger partial charge in [0.2, 0.25) is 5.72 Å². The van der Waals surface area contributed by atoms with E-state index in [1.165, 1.54) is 0 Å². The molecule has 3 aliphatic heterocycles. The zero-order valence-corrected chi connectivity index (χ0v) is 17.0. The molecule has 0 radical (unpaired) electrons. The SMILES string of the molecule is C1=CC2N=C(c3ccccc3)C3(OC(c4ccccc4)C=C3c3ccccc3)N2C=C1.